The molecule has 2 rings (SSSR count). The third-order valence-corrected chi connectivity index (χ3v) is 4.12. The van der Waals surface area contributed by atoms with Crippen molar-refractivity contribution in [3.63, 3.8) is 0 Å². The minimum atomic E-state index is -0.841. The number of halogens is 1. The Hall–Kier alpha value is -3.00. The molecule has 1 aromatic carbocycles. The van der Waals surface area contributed by atoms with Crippen LogP contribution in [0.2, 0.25) is 5.02 Å². The molecule has 2 N–H and O–H groups in total. The maximum absolute atomic E-state index is 12.5. The number of nitro benzene ring substituents is 1. The van der Waals surface area contributed by atoms with Crippen LogP contribution in [0.3, 0.4) is 0 Å². The van der Waals surface area contributed by atoms with Crippen LogP contribution in [-0.4, -0.2) is 27.8 Å². The number of nitrogens with one attached hydrogen (secondary N) is 2. The van der Waals surface area contributed by atoms with Gasteiger partial charge in [-0.15, -0.1) is 0 Å². The van der Waals surface area contributed by atoms with Crippen LogP contribution in [0.5, 0.6) is 0 Å². The first-order valence-corrected chi connectivity index (χ1v) is 8.55. The van der Waals surface area contributed by atoms with Crippen molar-refractivity contribution in [3.05, 3.63) is 62.8 Å². The maximum Gasteiger partial charge on any atom is 0.270 e. The summed E-state index contributed by atoms with van der Waals surface area (Å²) in [6.07, 6.45) is 1.62. The normalized spacial score (nSPS) is 11.7. The first-order valence-electron chi connectivity index (χ1n) is 8.17. The molecule has 0 saturated carbocycles. The molecule has 1 heterocycles. The van der Waals surface area contributed by atoms with Gasteiger partial charge in [-0.2, -0.15) is 0 Å². The maximum atomic E-state index is 12.5. The van der Waals surface area contributed by atoms with E-state index in [2.05, 4.69) is 15.6 Å². The Morgan fingerprint density at radius 2 is 1.93 bits per heavy atom. The summed E-state index contributed by atoms with van der Waals surface area (Å²) in [6, 6.07) is 6.17. The highest BCUT2D eigenvalue weighted by Crippen LogP contribution is 2.22. The number of amides is 2. The zero-order valence-corrected chi connectivity index (χ0v) is 15.8. The number of anilines is 1. The highest BCUT2D eigenvalue weighted by molar-refractivity contribution is 6.34. The highest BCUT2D eigenvalue weighted by atomic mass is 35.5. The zero-order valence-electron chi connectivity index (χ0n) is 15.0. The van der Waals surface area contributed by atoms with Crippen molar-refractivity contribution in [1.82, 2.24) is 10.3 Å². The van der Waals surface area contributed by atoms with Crippen LogP contribution >= 0.6 is 11.6 Å². The van der Waals surface area contributed by atoms with Gasteiger partial charge in [0.15, 0.2) is 0 Å². The summed E-state index contributed by atoms with van der Waals surface area (Å²) >= 11 is 5.98. The van der Waals surface area contributed by atoms with Crippen LogP contribution in [0.25, 0.3) is 0 Å². The summed E-state index contributed by atoms with van der Waals surface area (Å²) < 4.78 is 0. The number of nitrogens with zero attached hydrogens (tertiary/aromatic N) is 2. The number of hydrogen-bond donors (Lipinski definition) is 2. The zero-order chi connectivity index (χ0) is 20.1. The van der Waals surface area contributed by atoms with E-state index in [0.29, 0.717) is 5.82 Å². The molecule has 0 spiro atoms. The van der Waals surface area contributed by atoms with E-state index in [4.69, 9.17) is 11.6 Å². The Balaban J connectivity index is 2.15. The molecular weight excluding hydrogens is 372 g/mol. The van der Waals surface area contributed by atoms with Crippen molar-refractivity contribution in [2.45, 2.75) is 26.8 Å². The van der Waals surface area contributed by atoms with Crippen molar-refractivity contribution >= 4 is 34.9 Å². The lowest BCUT2D eigenvalue weighted by atomic mass is 10.0. The summed E-state index contributed by atoms with van der Waals surface area (Å²) in [5.41, 5.74) is 0.781. The molecule has 1 atom stereocenters. The van der Waals surface area contributed by atoms with Gasteiger partial charge in [0, 0.05) is 18.3 Å². The van der Waals surface area contributed by atoms with Crippen molar-refractivity contribution in [2.24, 2.45) is 5.92 Å². The molecule has 142 valence electrons. The summed E-state index contributed by atoms with van der Waals surface area (Å²) in [4.78, 5) is 39.3. The number of rotatable bonds is 6. The second-order valence-electron chi connectivity index (χ2n) is 6.33. The Labute approximate surface area is 161 Å². The van der Waals surface area contributed by atoms with E-state index < -0.39 is 22.8 Å². The van der Waals surface area contributed by atoms with Crippen molar-refractivity contribution in [3.8, 4) is 0 Å². The Morgan fingerprint density at radius 3 is 2.44 bits per heavy atom. The smallest absolute Gasteiger partial charge is 0.270 e. The third kappa shape index (κ3) is 5.24. The minimum absolute atomic E-state index is 0.0502. The summed E-state index contributed by atoms with van der Waals surface area (Å²) in [6.45, 7) is 5.44. The Kier molecular flexibility index (Phi) is 6.46. The van der Waals surface area contributed by atoms with Crippen LogP contribution in [0.15, 0.2) is 36.5 Å². The SMILES string of the molecule is Cc1ccc(NC(=O)[C@@H](NC(=O)c2ccc([N+](=O)[O-])cc2Cl)C(C)C)nc1. The van der Waals surface area contributed by atoms with Gasteiger partial charge in [0.2, 0.25) is 5.91 Å². The van der Waals surface area contributed by atoms with Gasteiger partial charge in [-0.05, 0) is 30.5 Å². The second-order valence-corrected chi connectivity index (χ2v) is 6.73. The molecule has 0 fully saturated rings. The van der Waals surface area contributed by atoms with Crippen LogP contribution in [0.4, 0.5) is 11.5 Å². The molecular formula is C18H19ClN4O4. The average molecular weight is 391 g/mol. The fraction of sp³-hybridized carbons (Fsp3) is 0.278. The van der Waals surface area contributed by atoms with E-state index >= 15 is 0 Å². The Bertz CT molecular complexity index is 868. The summed E-state index contributed by atoms with van der Waals surface area (Å²) in [5, 5.41) is 16.0. The number of non-ortho nitro benzene ring substituents is 1. The van der Waals surface area contributed by atoms with Gasteiger partial charge >= 0.3 is 0 Å². The lowest BCUT2D eigenvalue weighted by Crippen LogP contribution is -2.47. The summed E-state index contributed by atoms with van der Waals surface area (Å²) in [5.74, 6) is -0.858. The molecule has 0 saturated heterocycles. The first-order chi connectivity index (χ1) is 12.7. The third-order valence-electron chi connectivity index (χ3n) is 3.81. The molecule has 0 unspecified atom stereocenters. The molecule has 0 aliphatic carbocycles. The number of benzene rings is 1. The molecule has 1 aromatic heterocycles. The van der Waals surface area contributed by atoms with Crippen LogP contribution in [-0.2, 0) is 4.79 Å². The molecule has 0 aliphatic rings. The van der Waals surface area contributed by atoms with Gasteiger partial charge in [0.05, 0.1) is 15.5 Å². The first kappa shape index (κ1) is 20.3. The number of aromatic nitrogens is 1. The van der Waals surface area contributed by atoms with Crippen molar-refractivity contribution in [2.75, 3.05) is 5.32 Å². The van der Waals surface area contributed by atoms with E-state index in [1.807, 2.05) is 13.0 Å². The molecule has 0 aliphatic heterocycles. The van der Waals surface area contributed by atoms with Crippen molar-refractivity contribution < 1.29 is 14.5 Å². The number of nitro groups is 1. The van der Waals surface area contributed by atoms with Gasteiger partial charge in [0.1, 0.15) is 11.9 Å². The summed E-state index contributed by atoms with van der Waals surface area (Å²) in [7, 11) is 0. The van der Waals surface area contributed by atoms with E-state index in [1.54, 1.807) is 26.1 Å². The number of carbonyl (C=O) groups is 2. The predicted molar refractivity (Wildman–Crippen MR) is 102 cm³/mol. The number of hydrogen-bond acceptors (Lipinski definition) is 5. The number of aryl methyl sites for hydroxylation is 1. The Morgan fingerprint density at radius 1 is 1.22 bits per heavy atom. The average Bonchev–Trinajstić information content (AvgIpc) is 2.60. The quantitative estimate of drug-likeness (QED) is 0.579. The lowest BCUT2D eigenvalue weighted by molar-refractivity contribution is -0.384. The largest absolute Gasteiger partial charge is 0.340 e. The van der Waals surface area contributed by atoms with Crippen LogP contribution < -0.4 is 10.6 Å². The van der Waals surface area contributed by atoms with Gasteiger partial charge in [0.25, 0.3) is 11.6 Å². The standard InChI is InChI=1S/C18H19ClN4O4/c1-10(2)16(18(25)21-15-7-4-11(3)9-20-15)22-17(24)13-6-5-12(23(26)27)8-14(13)19/h4-10,16H,1-3H3,(H,22,24)(H,20,21,25)/t16-/m0/s1. The van der Waals surface area contributed by atoms with Gasteiger partial charge in [-0.1, -0.05) is 31.5 Å². The van der Waals surface area contributed by atoms with Crippen LogP contribution in [0, 0.1) is 23.0 Å². The fourth-order valence-corrected chi connectivity index (χ4v) is 2.56. The van der Waals surface area contributed by atoms with Crippen LogP contribution in [0.1, 0.15) is 29.8 Å². The predicted octanol–water partition coefficient (Wildman–Crippen LogP) is 3.34. The topological polar surface area (TPSA) is 114 Å². The molecule has 0 radical (unpaired) electrons. The second kappa shape index (κ2) is 8.59. The highest BCUT2D eigenvalue weighted by Gasteiger charge is 2.26. The lowest BCUT2D eigenvalue weighted by Gasteiger charge is -2.21. The van der Waals surface area contributed by atoms with Gasteiger partial charge in [-0.3, -0.25) is 19.7 Å². The minimum Gasteiger partial charge on any atom is -0.340 e. The molecule has 9 heteroatoms. The van der Waals surface area contributed by atoms with E-state index in [9.17, 15) is 19.7 Å². The molecule has 27 heavy (non-hydrogen) atoms. The molecule has 0 bridgehead atoms. The number of pyridine rings is 1. The number of carbonyl (C=O) groups excluding carboxylic acids is 2. The van der Waals surface area contributed by atoms with Gasteiger partial charge < -0.3 is 10.6 Å². The molecule has 2 amide bonds. The molecule has 8 nitrogen and oxygen atoms in total. The molecule has 2 aromatic rings. The van der Waals surface area contributed by atoms with E-state index in [0.717, 1.165) is 11.6 Å². The fourth-order valence-electron chi connectivity index (χ4n) is 2.30. The van der Waals surface area contributed by atoms with E-state index in [1.165, 1.54) is 12.1 Å². The van der Waals surface area contributed by atoms with Gasteiger partial charge in [-0.25, -0.2) is 4.98 Å². The van der Waals surface area contributed by atoms with E-state index in [-0.39, 0.29) is 22.2 Å². The van der Waals surface area contributed by atoms with Crippen molar-refractivity contribution in [1.29, 1.82) is 0 Å². The monoisotopic (exact) mass is 390 g/mol.